The van der Waals surface area contributed by atoms with Crippen molar-refractivity contribution in [2.75, 3.05) is 0 Å². The van der Waals surface area contributed by atoms with Crippen LogP contribution in [0.2, 0.25) is 0 Å². The Kier molecular flexibility index (Phi) is 15.8. The van der Waals surface area contributed by atoms with Crippen molar-refractivity contribution < 1.29 is 49.0 Å². The van der Waals surface area contributed by atoms with Crippen molar-refractivity contribution in [1.29, 1.82) is 0 Å². The summed E-state index contributed by atoms with van der Waals surface area (Å²) in [7, 11) is 0. The van der Waals surface area contributed by atoms with Gasteiger partial charge in [0, 0.05) is 0 Å². The summed E-state index contributed by atoms with van der Waals surface area (Å²) in [5.74, 6) is 0. The number of allylic oxidation sites excluding steroid dienone is 4. The molecule has 0 aliphatic heterocycles. The summed E-state index contributed by atoms with van der Waals surface area (Å²) in [5, 5.41) is 0. The largest absolute Gasteiger partial charge is 1.00 e. The van der Waals surface area contributed by atoms with Crippen LogP contribution in [0.5, 0.6) is 0 Å². The summed E-state index contributed by atoms with van der Waals surface area (Å²) in [5.41, 5.74) is 17.3. The minimum absolute atomic E-state index is 0. The third kappa shape index (κ3) is 11.6. The van der Waals surface area contributed by atoms with E-state index in [2.05, 4.69) is 182 Å². The molecule has 2 aliphatic carbocycles. The van der Waals surface area contributed by atoms with Crippen LogP contribution < -0.4 is 24.8 Å². The van der Waals surface area contributed by atoms with Crippen LogP contribution in [0.15, 0.2) is 85.0 Å². The molecule has 0 radical (unpaired) electrons. The number of halogens is 2. The Morgan fingerprint density at radius 1 is 0.577 bits per heavy atom. The number of fused-ring (bicyclic) bond motifs is 3. The van der Waals surface area contributed by atoms with Crippen LogP contribution in [0.1, 0.15) is 145 Å². The number of benzene rings is 4. The minimum Gasteiger partial charge on any atom is -1.00 e. The first-order valence-electron chi connectivity index (χ1n) is 18.3. The van der Waals surface area contributed by atoms with Crippen molar-refractivity contribution in [1.82, 2.24) is 0 Å². The van der Waals surface area contributed by atoms with E-state index in [1.54, 1.807) is 0 Å². The van der Waals surface area contributed by atoms with E-state index in [1.165, 1.54) is 94.2 Å². The maximum absolute atomic E-state index is 3.90. The molecule has 0 amide bonds. The first-order chi connectivity index (χ1) is 23.1. The van der Waals surface area contributed by atoms with Gasteiger partial charge >= 0.3 is 112 Å². The van der Waals surface area contributed by atoms with Gasteiger partial charge in [0.25, 0.3) is 0 Å². The monoisotopic (exact) mass is 808 g/mol. The van der Waals surface area contributed by atoms with Gasteiger partial charge in [0.2, 0.25) is 0 Å². The predicted octanol–water partition coefficient (Wildman–Crippen LogP) is 6.98. The van der Waals surface area contributed by atoms with Gasteiger partial charge in [-0.1, -0.05) is 106 Å². The molecule has 4 aromatic carbocycles. The molecule has 52 heavy (non-hydrogen) atoms. The maximum Gasteiger partial charge on any atom is -0.109 e. The first kappa shape index (κ1) is 45.8. The third-order valence-electron chi connectivity index (χ3n) is 9.50. The molecule has 0 saturated carbocycles. The fourth-order valence-corrected chi connectivity index (χ4v) is 7.39. The van der Waals surface area contributed by atoms with Gasteiger partial charge in [-0.25, -0.2) is 12.2 Å². The second kappa shape index (κ2) is 17.9. The number of hydrogen-bond acceptors (Lipinski definition) is 0. The van der Waals surface area contributed by atoms with E-state index in [0.29, 0.717) is 0 Å². The topological polar surface area (TPSA) is 0 Å². The number of rotatable bonds is 2. The molecular weight excluding hydrogens is 751 g/mol. The summed E-state index contributed by atoms with van der Waals surface area (Å²) in [4.78, 5) is 0. The molecule has 0 spiro atoms. The van der Waals surface area contributed by atoms with Crippen LogP contribution in [0.3, 0.4) is 0 Å². The van der Waals surface area contributed by atoms with Gasteiger partial charge in [0.1, 0.15) is 0 Å². The fourth-order valence-electron chi connectivity index (χ4n) is 6.57. The smallest absolute Gasteiger partial charge is 0.109 e. The molecule has 0 unspecified atom stereocenters. The molecule has 0 bridgehead atoms. The first-order valence-corrected chi connectivity index (χ1v) is 19.5. The van der Waals surface area contributed by atoms with E-state index in [0.717, 1.165) is 12.8 Å². The van der Waals surface area contributed by atoms with E-state index in [-0.39, 0.29) is 46.5 Å². The van der Waals surface area contributed by atoms with Gasteiger partial charge in [0.15, 0.2) is 0 Å². The molecule has 0 nitrogen and oxygen atoms in total. The number of hydrogen-bond donors (Lipinski definition) is 0. The van der Waals surface area contributed by atoms with Crippen LogP contribution in [-0.2, 0) is 52.3 Å². The molecule has 2 aliphatic rings. The average Bonchev–Trinajstić information content (AvgIpc) is 3.71. The van der Waals surface area contributed by atoms with Crippen molar-refractivity contribution in [2.45, 2.75) is 131 Å². The standard InChI is InChI=1S/C29H41.C15H14.C5H5.2ClH.Zr/c1-26(2,3)22-14-18-13-19-15-23(27(4,5)6)25(29(10,11)12)17-21(19)20(18)16-24(22)28(7,8)9;1-12-3-7-14(8-4-12)11-15-9-5-13(2)6-10-15;1-2-4-5-3-1;;;/h14,16-17H,13H2,1-12H3;3-10H,1-2H3;1-3H,4H2;2*1H;/q-1;;-1;;;+2/p-2. The maximum atomic E-state index is 3.90. The van der Waals surface area contributed by atoms with Crippen molar-refractivity contribution >= 4 is 3.21 Å². The molecule has 0 aromatic heterocycles. The van der Waals surface area contributed by atoms with E-state index < -0.39 is 0 Å². The Morgan fingerprint density at radius 3 is 1.38 bits per heavy atom. The van der Waals surface area contributed by atoms with Crippen molar-refractivity contribution in [2.24, 2.45) is 0 Å². The van der Waals surface area contributed by atoms with Gasteiger partial charge in [0.05, 0.1) is 0 Å². The quantitative estimate of drug-likeness (QED) is 0.169. The van der Waals surface area contributed by atoms with E-state index >= 15 is 0 Å². The molecule has 0 heterocycles. The summed E-state index contributed by atoms with van der Waals surface area (Å²) in [6.07, 6.45) is 11.0. The molecule has 3 heteroatoms. The zero-order valence-electron chi connectivity index (χ0n) is 34.3. The van der Waals surface area contributed by atoms with Crippen LogP contribution in [0, 0.1) is 26.0 Å². The van der Waals surface area contributed by atoms with E-state index in [1.807, 2.05) is 12.2 Å². The predicted molar refractivity (Wildman–Crippen MR) is 215 cm³/mol. The number of aryl methyl sites for hydroxylation is 2. The Balaban J connectivity index is 0.000000340. The van der Waals surface area contributed by atoms with Gasteiger partial charge in [-0.3, -0.25) is 6.08 Å². The van der Waals surface area contributed by atoms with Crippen LogP contribution >= 0.6 is 0 Å². The molecule has 6 rings (SSSR count). The summed E-state index contributed by atoms with van der Waals surface area (Å²) in [6.45, 7) is 32.2. The Morgan fingerprint density at radius 2 is 1.02 bits per heavy atom. The fraction of sp³-hybridized carbons (Fsp3) is 0.408. The Bertz CT molecular complexity index is 1740. The van der Waals surface area contributed by atoms with Crippen LogP contribution in [0.25, 0.3) is 11.1 Å². The molecule has 0 N–H and O–H groups in total. The zero-order chi connectivity index (χ0) is 37.2. The Hall–Kier alpha value is -2.31. The second-order valence-corrected chi connectivity index (χ2v) is 19.5. The molecule has 0 fully saturated rings. The Labute approximate surface area is 345 Å². The molecule has 276 valence electrons. The van der Waals surface area contributed by atoms with Crippen molar-refractivity contribution in [3.05, 3.63) is 153 Å². The normalized spacial score (nSPS) is 13.1. The van der Waals surface area contributed by atoms with Gasteiger partial charge < -0.3 is 24.8 Å². The summed E-state index contributed by atoms with van der Waals surface area (Å²) >= 11 is 1.46. The average molecular weight is 811 g/mol. The molecular formula is C49H60Cl2Zr-2. The SMILES string of the molecule is CC(C)(C)c1[c-]c2c(cc1C(C)(C)C)-c1cc(C(C)(C)C)c(C(C)(C)C)cc1C2.Cc1ccc([C](=[Zr+2])c2ccc(C)cc2)cc1.[C-]1=CC=CC1.[Cl-].[Cl-]. The zero-order valence-corrected chi connectivity index (χ0v) is 38.2. The molecule has 0 atom stereocenters. The van der Waals surface area contributed by atoms with Crippen molar-refractivity contribution in [3.63, 3.8) is 0 Å². The van der Waals surface area contributed by atoms with E-state index in [4.69, 9.17) is 0 Å². The summed E-state index contributed by atoms with van der Waals surface area (Å²) in [6, 6.07) is 28.9. The summed E-state index contributed by atoms with van der Waals surface area (Å²) < 4.78 is 1.42. The molecule has 0 saturated heterocycles. The van der Waals surface area contributed by atoms with Gasteiger partial charge in [-0.2, -0.15) is 23.8 Å². The van der Waals surface area contributed by atoms with Crippen LogP contribution in [0.4, 0.5) is 0 Å². The minimum atomic E-state index is 0. The molecule has 4 aromatic rings. The van der Waals surface area contributed by atoms with E-state index in [9.17, 15) is 0 Å². The van der Waals surface area contributed by atoms with Gasteiger partial charge in [-0.05, 0) is 39.4 Å². The second-order valence-electron chi connectivity index (χ2n) is 18.3. The van der Waals surface area contributed by atoms with Crippen molar-refractivity contribution in [3.8, 4) is 11.1 Å². The van der Waals surface area contributed by atoms with Crippen LogP contribution in [-0.4, -0.2) is 3.21 Å². The third-order valence-corrected chi connectivity index (χ3v) is 10.9. The van der Waals surface area contributed by atoms with Gasteiger partial charge in [-0.15, -0.1) is 23.1 Å².